The molecular formula is C17H24N4O3. The zero-order valence-corrected chi connectivity index (χ0v) is 14.3. The number of benzene rings is 1. The SMILES string of the molecule is CNC(=O)C1CCN(CC(=O)Nc2ccc(N(C)C(C)=O)cc2)C1. The van der Waals surface area contributed by atoms with Crippen LogP contribution in [-0.4, -0.2) is 56.4 Å². The molecule has 2 N–H and O–H groups in total. The van der Waals surface area contributed by atoms with Gasteiger partial charge in [0.25, 0.3) is 0 Å². The maximum Gasteiger partial charge on any atom is 0.238 e. The lowest BCUT2D eigenvalue weighted by Gasteiger charge is -2.17. The van der Waals surface area contributed by atoms with E-state index in [0.29, 0.717) is 12.2 Å². The molecule has 0 spiro atoms. The number of amides is 3. The Bertz CT molecular complexity index is 615. The summed E-state index contributed by atoms with van der Waals surface area (Å²) in [4.78, 5) is 38.6. The summed E-state index contributed by atoms with van der Waals surface area (Å²) in [5.74, 6) is -0.168. The van der Waals surface area contributed by atoms with E-state index in [1.807, 2.05) is 4.90 Å². The van der Waals surface area contributed by atoms with Gasteiger partial charge in [0, 0.05) is 38.9 Å². The van der Waals surface area contributed by atoms with E-state index >= 15 is 0 Å². The highest BCUT2D eigenvalue weighted by Gasteiger charge is 2.28. The molecule has 1 saturated heterocycles. The Morgan fingerprint density at radius 1 is 1.25 bits per heavy atom. The average Bonchev–Trinajstić information content (AvgIpc) is 3.02. The summed E-state index contributed by atoms with van der Waals surface area (Å²) >= 11 is 0. The summed E-state index contributed by atoms with van der Waals surface area (Å²) in [6, 6.07) is 7.11. The predicted molar refractivity (Wildman–Crippen MR) is 92.8 cm³/mol. The van der Waals surface area contributed by atoms with Gasteiger partial charge in [-0.2, -0.15) is 0 Å². The topological polar surface area (TPSA) is 81.8 Å². The largest absolute Gasteiger partial charge is 0.359 e. The van der Waals surface area contributed by atoms with E-state index in [4.69, 9.17) is 0 Å². The fraction of sp³-hybridized carbons (Fsp3) is 0.471. The number of likely N-dealkylation sites (tertiary alicyclic amines) is 1. The van der Waals surface area contributed by atoms with Crippen LogP contribution in [-0.2, 0) is 14.4 Å². The fourth-order valence-electron chi connectivity index (χ4n) is 2.75. The Balaban J connectivity index is 1.85. The summed E-state index contributed by atoms with van der Waals surface area (Å²) in [5, 5.41) is 5.49. The van der Waals surface area contributed by atoms with Crippen molar-refractivity contribution in [3.05, 3.63) is 24.3 Å². The predicted octanol–water partition coefficient (Wildman–Crippen LogP) is 0.676. The molecule has 1 aromatic rings. The molecule has 1 aliphatic heterocycles. The number of carbonyl (C=O) groups excluding carboxylic acids is 3. The third-order valence-corrected chi connectivity index (χ3v) is 4.27. The molecular weight excluding hydrogens is 308 g/mol. The number of rotatable bonds is 5. The van der Waals surface area contributed by atoms with Crippen LogP contribution in [0.3, 0.4) is 0 Å². The monoisotopic (exact) mass is 332 g/mol. The fourth-order valence-corrected chi connectivity index (χ4v) is 2.75. The van der Waals surface area contributed by atoms with Crippen LogP contribution >= 0.6 is 0 Å². The lowest BCUT2D eigenvalue weighted by atomic mass is 10.1. The Kier molecular flexibility index (Phi) is 5.92. The van der Waals surface area contributed by atoms with Crippen molar-refractivity contribution in [2.45, 2.75) is 13.3 Å². The molecule has 7 nitrogen and oxygen atoms in total. The minimum atomic E-state index is -0.111. The molecule has 1 aromatic carbocycles. The van der Waals surface area contributed by atoms with Crippen molar-refractivity contribution < 1.29 is 14.4 Å². The van der Waals surface area contributed by atoms with Crippen LogP contribution in [0.2, 0.25) is 0 Å². The van der Waals surface area contributed by atoms with Gasteiger partial charge in [0.1, 0.15) is 0 Å². The summed E-state index contributed by atoms with van der Waals surface area (Å²) < 4.78 is 0. The second kappa shape index (κ2) is 7.92. The third-order valence-electron chi connectivity index (χ3n) is 4.27. The first-order chi connectivity index (χ1) is 11.4. The average molecular weight is 332 g/mol. The van der Waals surface area contributed by atoms with Crippen LogP contribution in [0.4, 0.5) is 11.4 Å². The van der Waals surface area contributed by atoms with Gasteiger partial charge in [0.05, 0.1) is 12.5 Å². The second-order valence-corrected chi connectivity index (χ2v) is 6.01. The molecule has 1 heterocycles. The van der Waals surface area contributed by atoms with Crippen molar-refractivity contribution in [1.82, 2.24) is 10.2 Å². The lowest BCUT2D eigenvalue weighted by Crippen LogP contribution is -2.34. The Labute approximate surface area is 142 Å². The van der Waals surface area contributed by atoms with Gasteiger partial charge in [-0.05, 0) is 37.2 Å². The molecule has 1 unspecified atom stereocenters. The van der Waals surface area contributed by atoms with E-state index in [1.165, 1.54) is 11.8 Å². The van der Waals surface area contributed by atoms with Crippen molar-refractivity contribution in [3.8, 4) is 0 Å². The van der Waals surface area contributed by atoms with Crippen molar-refractivity contribution in [3.63, 3.8) is 0 Å². The van der Waals surface area contributed by atoms with Gasteiger partial charge in [-0.25, -0.2) is 0 Å². The molecule has 130 valence electrons. The van der Waals surface area contributed by atoms with Crippen LogP contribution < -0.4 is 15.5 Å². The van der Waals surface area contributed by atoms with E-state index in [2.05, 4.69) is 10.6 Å². The number of carbonyl (C=O) groups is 3. The molecule has 3 amide bonds. The van der Waals surface area contributed by atoms with Gasteiger partial charge in [-0.3, -0.25) is 19.3 Å². The van der Waals surface area contributed by atoms with E-state index < -0.39 is 0 Å². The maximum atomic E-state index is 12.1. The van der Waals surface area contributed by atoms with Crippen molar-refractivity contribution in [2.24, 2.45) is 5.92 Å². The van der Waals surface area contributed by atoms with Gasteiger partial charge in [-0.1, -0.05) is 0 Å². The van der Waals surface area contributed by atoms with Crippen molar-refractivity contribution in [1.29, 1.82) is 0 Å². The van der Waals surface area contributed by atoms with Crippen molar-refractivity contribution >= 4 is 29.1 Å². The summed E-state index contributed by atoms with van der Waals surface area (Å²) in [6.07, 6.45) is 0.777. The van der Waals surface area contributed by atoms with Crippen LogP contribution in [0.5, 0.6) is 0 Å². The Morgan fingerprint density at radius 3 is 2.50 bits per heavy atom. The maximum absolute atomic E-state index is 12.1. The number of hydrogen-bond donors (Lipinski definition) is 2. The van der Waals surface area contributed by atoms with Crippen LogP contribution in [0.15, 0.2) is 24.3 Å². The quantitative estimate of drug-likeness (QED) is 0.831. The first kappa shape index (κ1) is 17.9. The first-order valence-corrected chi connectivity index (χ1v) is 7.99. The van der Waals surface area contributed by atoms with Crippen LogP contribution in [0.1, 0.15) is 13.3 Å². The highest BCUT2D eigenvalue weighted by molar-refractivity contribution is 5.94. The van der Waals surface area contributed by atoms with Gasteiger partial charge in [0.2, 0.25) is 17.7 Å². The Morgan fingerprint density at radius 2 is 1.92 bits per heavy atom. The van der Waals surface area contributed by atoms with E-state index in [9.17, 15) is 14.4 Å². The highest BCUT2D eigenvalue weighted by atomic mass is 16.2. The highest BCUT2D eigenvalue weighted by Crippen LogP contribution is 2.18. The zero-order valence-electron chi connectivity index (χ0n) is 14.3. The molecule has 0 radical (unpaired) electrons. The van der Waals surface area contributed by atoms with Gasteiger partial charge >= 0.3 is 0 Å². The molecule has 0 aromatic heterocycles. The zero-order chi connectivity index (χ0) is 17.7. The summed E-state index contributed by atoms with van der Waals surface area (Å²) in [5.41, 5.74) is 1.45. The van der Waals surface area contributed by atoms with Gasteiger partial charge in [0.15, 0.2) is 0 Å². The van der Waals surface area contributed by atoms with E-state index in [-0.39, 0.29) is 30.2 Å². The minimum Gasteiger partial charge on any atom is -0.359 e. The second-order valence-electron chi connectivity index (χ2n) is 6.01. The normalized spacial score (nSPS) is 17.4. The molecule has 1 atom stereocenters. The lowest BCUT2D eigenvalue weighted by molar-refractivity contribution is -0.124. The standard InChI is InChI=1S/C17H24N4O3/c1-12(22)20(3)15-6-4-14(5-7-15)19-16(23)11-21-9-8-13(10-21)17(24)18-2/h4-7,13H,8-11H2,1-3H3,(H,18,24)(H,19,23). The third kappa shape index (κ3) is 4.55. The van der Waals surface area contributed by atoms with Gasteiger partial charge < -0.3 is 15.5 Å². The van der Waals surface area contributed by atoms with Crippen molar-refractivity contribution in [2.75, 3.05) is 43.9 Å². The van der Waals surface area contributed by atoms with Gasteiger partial charge in [-0.15, -0.1) is 0 Å². The number of nitrogens with zero attached hydrogens (tertiary/aromatic N) is 2. The molecule has 0 bridgehead atoms. The summed E-state index contributed by atoms with van der Waals surface area (Å²) in [6.45, 7) is 3.11. The molecule has 0 aliphatic carbocycles. The smallest absolute Gasteiger partial charge is 0.238 e. The molecule has 24 heavy (non-hydrogen) atoms. The number of anilines is 2. The molecule has 2 rings (SSSR count). The first-order valence-electron chi connectivity index (χ1n) is 7.99. The molecule has 7 heteroatoms. The minimum absolute atomic E-state index is 0.0306. The molecule has 0 saturated carbocycles. The van der Waals surface area contributed by atoms with E-state index in [0.717, 1.165) is 18.7 Å². The number of nitrogens with one attached hydrogen (secondary N) is 2. The molecule has 1 aliphatic rings. The Hall–Kier alpha value is -2.41. The molecule has 1 fully saturated rings. The number of hydrogen-bond acceptors (Lipinski definition) is 4. The van der Waals surface area contributed by atoms with Crippen LogP contribution in [0.25, 0.3) is 0 Å². The van der Waals surface area contributed by atoms with Crippen LogP contribution in [0, 0.1) is 5.92 Å². The van der Waals surface area contributed by atoms with E-state index in [1.54, 1.807) is 38.4 Å². The summed E-state index contributed by atoms with van der Waals surface area (Å²) in [7, 11) is 3.33.